The van der Waals surface area contributed by atoms with Crippen LogP contribution in [0.2, 0.25) is 0 Å². The number of anilines is 2. The Bertz CT molecular complexity index is 642. The minimum absolute atomic E-state index is 0.206. The number of rotatable bonds is 3. The van der Waals surface area contributed by atoms with Gasteiger partial charge in [0.25, 0.3) is 5.91 Å². The first-order chi connectivity index (χ1) is 9.58. The molecule has 1 aromatic heterocycles. The van der Waals surface area contributed by atoms with E-state index < -0.39 is 6.09 Å². The summed E-state index contributed by atoms with van der Waals surface area (Å²) in [6.07, 6.45) is -0.560. The lowest BCUT2D eigenvalue weighted by Gasteiger charge is -2.07. The summed E-state index contributed by atoms with van der Waals surface area (Å²) in [6.45, 7) is 0. The van der Waals surface area contributed by atoms with E-state index in [0.29, 0.717) is 16.9 Å². The summed E-state index contributed by atoms with van der Waals surface area (Å²) in [5, 5.41) is 7.05. The molecular formula is C13H11BrN2O3S. The Morgan fingerprint density at radius 2 is 1.90 bits per heavy atom. The van der Waals surface area contributed by atoms with Crippen molar-refractivity contribution in [3.63, 3.8) is 0 Å². The summed E-state index contributed by atoms with van der Waals surface area (Å²) in [5.41, 5.74) is 1.71. The van der Waals surface area contributed by atoms with E-state index in [2.05, 4.69) is 31.3 Å². The summed E-state index contributed by atoms with van der Waals surface area (Å²) in [4.78, 5) is 23.1. The fourth-order valence-electron chi connectivity index (χ4n) is 1.48. The highest BCUT2D eigenvalue weighted by Crippen LogP contribution is 2.22. The summed E-state index contributed by atoms with van der Waals surface area (Å²) < 4.78 is 5.40. The predicted molar refractivity (Wildman–Crippen MR) is 82.4 cm³/mol. The number of nitrogens with one attached hydrogen (secondary N) is 2. The van der Waals surface area contributed by atoms with Gasteiger partial charge in [-0.3, -0.25) is 10.1 Å². The average Bonchev–Trinajstić information content (AvgIpc) is 2.86. The minimum Gasteiger partial charge on any atom is -0.453 e. The van der Waals surface area contributed by atoms with Crippen molar-refractivity contribution >= 4 is 50.6 Å². The van der Waals surface area contributed by atoms with Crippen LogP contribution in [0.25, 0.3) is 0 Å². The second-order valence-electron chi connectivity index (χ2n) is 3.79. The first-order valence-electron chi connectivity index (χ1n) is 5.59. The Kier molecular flexibility index (Phi) is 4.75. The van der Waals surface area contributed by atoms with E-state index in [1.165, 1.54) is 18.4 Å². The number of thiophene rings is 1. The van der Waals surface area contributed by atoms with Crippen LogP contribution < -0.4 is 10.6 Å². The summed E-state index contributed by atoms with van der Waals surface area (Å²) in [5.74, 6) is -0.206. The number of ether oxygens (including phenoxy) is 1. The van der Waals surface area contributed by atoms with Crippen LogP contribution in [0.15, 0.2) is 39.5 Å². The summed E-state index contributed by atoms with van der Waals surface area (Å²) >= 11 is 4.75. The smallest absolute Gasteiger partial charge is 0.411 e. The molecule has 0 aliphatic heterocycles. The van der Waals surface area contributed by atoms with E-state index >= 15 is 0 Å². The zero-order valence-electron chi connectivity index (χ0n) is 10.5. The molecule has 0 atom stereocenters. The normalized spacial score (nSPS) is 9.90. The molecule has 0 spiro atoms. The molecular weight excluding hydrogens is 344 g/mol. The van der Waals surface area contributed by atoms with Gasteiger partial charge in [-0.05, 0) is 40.2 Å². The molecule has 20 heavy (non-hydrogen) atoms. The molecule has 1 heterocycles. The van der Waals surface area contributed by atoms with Crippen LogP contribution in [-0.2, 0) is 4.74 Å². The van der Waals surface area contributed by atoms with E-state index in [4.69, 9.17) is 0 Å². The highest BCUT2D eigenvalue weighted by atomic mass is 79.9. The number of amides is 2. The van der Waals surface area contributed by atoms with Gasteiger partial charge in [-0.1, -0.05) is 6.07 Å². The van der Waals surface area contributed by atoms with Crippen molar-refractivity contribution in [1.82, 2.24) is 0 Å². The third kappa shape index (κ3) is 3.82. The maximum atomic E-state index is 12.0. The highest BCUT2D eigenvalue weighted by molar-refractivity contribution is 9.11. The molecule has 104 valence electrons. The van der Waals surface area contributed by atoms with Crippen LogP contribution in [0, 0.1) is 0 Å². The first-order valence-corrected chi connectivity index (χ1v) is 7.26. The Morgan fingerprint density at radius 3 is 2.50 bits per heavy atom. The number of benzene rings is 1. The van der Waals surface area contributed by atoms with E-state index in [-0.39, 0.29) is 5.91 Å². The third-order valence-corrected chi connectivity index (χ3v) is 3.89. The third-order valence-electron chi connectivity index (χ3n) is 2.38. The van der Waals surface area contributed by atoms with E-state index in [1.54, 1.807) is 35.7 Å². The lowest BCUT2D eigenvalue weighted by atomic mass is 10.2. The fourth-order valence-corrected chi connectivity index (χ4v) is 2.61. The van der Waals surface area contributed by atoms with Crippen molar-refractivity contribution in [2.45, 2.75) is 0 Å². The quantitative estimate of drug-likeness (QED) is 0.876. The van der Waals surface area contributed by atoms with Gasteiger partial charge in [0, 0.05) is 16.8 Å². The van der Waals surface area contributed by atoms with Gasteiger partial charge in [0.15, 0.2) is 0 Å². The van der Waals surface area contributed by atoms with Crippen LogP contribution in [0.3, 0.4) is 0 Å². The van der Waals surface area contributed by atoms with Gasteiger partial charge >= 0.3 is 6.09 Å². The van der Waals surface area contributed by atoms with Gasteiger partial charge < -0.3 is 10.1 Å². The standard InChI is InChI=1S/C13H11BrN2O3S/c1-19-13(18)16-10-4-2-3-9(6-10)15-12(17)8-5-11(14)20-7-8/h2-7H,1H3,(H,15,17)(H,16,18). The van der Waals surface area contributed by atoms with E-state index in [0.717, 1.165) is 3.79 Å². The van der Waals surface area contributed by atoms with Crippen molar-refractivity contribution < 1.29 is 14.3 Å². The molecule has 0 radical (unpaired) electrons. The van der Waals surface area contributed by atoms with Crippen LogP contribution in [0.5, 0.6) is 0 Å². The molecule has 0 saturated heterocycles. The maximum absolute atomic E-state index is 12.0. The van der Waals surface area contributed by atoms with Crippen molar-refractivity contribution in [2.24, 2.45) is 0 Å². The molecule has 7 heteroatoms. The summed E-state index contributed by atoms with van der Waals surface area (Å²) in [7, 11) is 1.29. The maximum Gasteiger partial charge on any atom is 0.411 e. The lowest BCUT2D eigenvalue weighted by molar-refractivity contribution is 0.102. The van der Waals surface area contributed by atoms with Crippen molar-refractivity contribution in [2.75, 3.05) is 17.7 Å². The lowest BCUT2D eigenvalue weighted by Crippen LogP contribution is -2.13. The van der Waals surface area contributed by atoms with Gasteiger partial charge in [-0.2, -0.15) is 0 Å². The topological polar surface area (TPSA) is 67.4 Å². The number of halogens is 1. The second kappa shape index (κ2) is 6.53. The molecule has 0 unspecified atom stereocenters. The Morgan fingerprint density at radius 1 is 1.20 bits per heavy atom. The van der Waals surface area contributed by atoms with Gasteiger partial charge in [-0.15, -0.1) is 11.3 Å². The molecule has 2 amide bonds. The number of hydrogen-bond acceptors (Lipinski definition) is 4. The molecule has 0 aliphatic rings. The molecule has 1 aromatic carbocycles. The molecule has 5 nitrogen and oxygen atoms in total. The molecule has 0 bridgehead atoms. The monoisotopic (exact) mass is 354 g/mol. The van der Waals surface area contributed by atoms with Gasteiger partial charge in [0.05, 0.1) is 16.5 Å². The first kappa shape index (κ1) is 14.5. The zero-order valence-corrected chi connectivity index (χ0v) is 12.9. The van der Waals surface area contributed by atoms with E-state index in [1.807, 2.05) is 0 Å². The number of hydrogen-bond donors (Lipinski definition) is 2. The number of carbonyl (C=O) groups is 2. The molecule has 2 aromatic rings. The van der Waals surface area contributed by atoms with Crippen LogP contribution in [-0.4, -0.2) is 19.1 Å². The van der Waals surface area contributed by atoms with Gasteiger partial charge in [0.1, 0.15) is 0 Å². The minimum atomic E-state index is -0.560. The van der Waals surface area contributed by atoms with Crippen LogP contribution in [0.4, 0.5) is 16.2 Å². The Labute approximate surface area is 128 Å². The molecule has 0 saturated carbocycles. The zero-order chi connectivity index (χ0) is 14.5. The highest BCUT2D eigenvalue weighted by Gasteiger charge is 2.09. The van der Waals surface area contributed by atoms with Gasteiger partial charge in [0.2, 0.25) is 0 Å². The summed E-state index contributed by atoms with van der Waals surface area (Å²) in [6, 6.07) is 8.56. The fraction of sp³-hybridized carbons (Fsp3) is 0.0769. The Hall–Kier alpha value is -1.86. The van der Waals surface area contributed by atoms with Crippen molar-refractivity contribution in [1.29, 1.82) is 0 Å². The van der Waals surface area contributed by atoms with Crippen molar-refractivity contribution in [3.05, 3.63) is 45.1 Å². The largest absolute Gasteiger partial charge is 0.453 e. The van der Waals surface area contributed by atoms with Crippen LogP contribution in [0.1, 0.15) is 10.4 Å². The van der Waals surface area contributed by atoms with Crippen molar-refractivity contribution in [3.8, 4) is 0 Å². The second-order valence-corrected chi connectivity index (χ2v) is 6.08. The molecule has 0 aliphatic carbocycles. The molecule has 2 N–H and O–H groups in total. The SMILES string of the molecule is COC(=O)Nc1cccc(NC(=O)c2csc(Br)c2)c1. The Balaban J connectivity index is 2.08. The molecule has 2 rings (SSSR count). The van der Waals surface area contributed by atoms with Gasteiger partial charge in [-0.25, -0.2) is 4.79 Å². The predicted octanol–water partition coefficient (Wildman–Crippen LogP) is 3.94. The van der Waals surface area contributed by atoms with E-state index in [9.17, 15) is 9.59 Å². The number of carbonyl (C=O) groups excluding carboxylic acids is 2. The number of methoxy groups -OCH3 is 1. The molecule has 0 fully saturated rings. The van der Waals surface area contributed by atoms with Crippen LogP contribution >= 0.6 is 27.3 Å². The average molecular weight is 355 g/mol.